The van der Waals surface area contributed by atoms with Gasteiger partial charge in [0.15, 0.2) is 0 Å². The molecule has 0 radical (unpaired) electrons. The monoisotopic (exact) mass is 395 g/mol. The molecule has 2 aromatic rings. The lowest BCUT2D eigenvalue weighted by Gasteiger charge is -2.10. The Kier molecular flexibility index (Phi) is 6.73. The molecule has 26 heavy (non-hydrogen) atoms. The highest BCUT2D eigenvalue weighted by atomic mass is 35.5. The number of carbonyl (C=O) groups is 2. The van der Waals surface area contributed by atoms with Crippen LogP contribution in [0.4, 0.5) is 0 Å². The molecule has 0 heterocycles. The summed E-state index contributed by atoms with van der Waals surface area (Å²) in [6, 6.07) is 12.5. The summed E-state index contributed by atoms with van der Waals surface area (Å²) in [7, 11) is -2.41. The zero-order chi connectivity index (χ0) is 19.2. The maximum Gasteiger partial charge on any atom is 0.252 e. The van der Waals surface area contributed by atoms with Gasteiger partial charge in [-0.05, 0) is 37.4 Å². The Morgan fingerprint density at radius 3 is 2.19 bits per heavy atom. The van der Waals surface area contributed by atoms with Crippen molar-refractivity contribution < 1.29 is 18.0 Å². The highest BCUT2D eigenvalue weighted by Crippen LogP contribution is 2.20. The summed E-state index contributed by atoms with van der Waals surface area (Å²) in [5.74, 6) is -0.780. The molecule has 9 heteroatoms. The fourth-order valence-corrected chi connectivity index (χ4v) is 3.06. The average molecular weight is 396 g/mol. The van der Waals surface area contributed by atoms with E-state index in [2.05, 4.69) is 15.4 Å². The van der Waals surface area contributed by atoms with Crippen molar-refractivity contribution in [2.45, 2.75) is 4.90 Å². The number of benzene rings is 2. The van der Waals surface area contributed by atoms with E-state index in [1.54, 1.807) is 24.3 Å². The first-order valence-electron chi connectivity index (χ1n) is 7.69. The Balaban J connectivity index is 1.94. The van der Waals surface area contributed by atoms with Gasteiger partial charge in [-0.3, -0.25) is 9.59 Å². The highest BCUT2D eigenvalue weighted by Gasteiger charge is 2.17. The predicted molar refractivity (Wildman–Crippen MR) is 98.8 cm³/mol. The van der Waals surface area contributed by atoms with Gasteiger partial charge in [0.1, 0.15) is 0 Å². The minimum atomic E-state index is -3.68. The number of rotatable bonds is 7. The van der Waals surface area contributed by atoms with Crippen LogP contribution in [-0.4, -0.2) is 40.4 Å². The molecule has 0 aliphatic carbocycles. The first-order valence-corrected chi connectivity index (χ1v) is 9.56. The summed E-state index contributed by atoms with van der Waals surface area (Å²) in [6.45, 7) is 0.377. The van der Waals surface area contributed by atoms with E-state index in [9.17, 15) is 18.0 Å². The largest absolute Gasteiger partial charge is 0.350 e. The van der Waals surface area contributed by atoms with Gasteiger partial charge in [-0.25, -0.2) is 13.1 Å². The predicted octanol–water partition coefficient (Wildman–Crippen LogP) is 1.41. The van der Waals surface area contributed by atoms with Gasteiger partial charge in [-0.1, -0.05) is 29.8 Å². The van der Waals surface area contributed by atoms with Crippen molar-refractivity contribution in [1.82, 2.24) is 15.4 Å². The van der Waals surface area contributed by atoms with Crippen LogP contribution in [0.1, 0.15) is 20.7 Å². The van der Waals surface area contributed by atoms with Crippen molar-refractivity contribution in [3.63, 3.8) is 0 Å². The fourth-order valence-electron chi connectivity index (χ4n) is 2.10. The van der Waals surface area contributed by atoms with E-state index < -0.39 is 15.9 Å². The molecule has 0 unspecified atom stereocenters. The van der Waals surface area contributed by atoms with Gasteiger partial charge in [-0.15, -0.1) is 0 Å². The van der Waals surface area contributed by atoms with Crippen LogP contribution in [0.15, 0.2) is 53.4 Å². The minimum Gasteiger partial charge on any atom is -0.350 e. The van der Waals surface area contributed by atoms with Gasteiger partial charge >= 0.3 is 0 Å². The summed E-state index contributed by atoms with van der Waals surface area (Å²) in [4.78, 5) is 24.0. The van der Waals surface area contributed by atoms with Crippen molar-refractivity contribution in [1.29, 1.82) is 0 Å². The maximum atomic E-state index is 12.2. The molecular weight excluding hydrogens is 378 g/mol. The number of hydrogen-bond donors (Lipinski definition) is 3. The van der Waals surface area contributed by atoms with E-state index in [0.29, 0.717) is 5.56 Å². The summed E-state index contributed by atoms with van der Waals surface area (Å²) < 4.78 is 25.8. The van der Waals surface area contributed by atoms with Crippen molar-refractivity contribution in [2.75, 3.05) is 20.1 Å². The highest BCUT2D eigenvalue weighted by molar-refractivity contribution is 7.89. The molecule has 0 fully saturated rings. The number of amides is 2. The lowest BCUT2D eigenvalue weighted by atomic mass is 10.2. The molecule has 2 amide bonds. The quantitative estimate of drug-likeness (QED) is 0.616. The van der Waals surface area contributed by atoms with Crippen LogP contribution < -0.4 is 15.4 Å². The van der Waals surface area contributed by atoms with E-state index in [1.807, 2.05) is 6.07 Å². The lowest BCUT2D eigenvalue weighted by molar-refractivity contribution is 0.0927. The third-order valence-corrected chi connectivity index (χ3v) is 5.24. The third-order valence-electron chi connectivity index (χ3n) is 3.49. The Bertz CT molecular complexity index is 901. The van der Waals surface area contributed by atoms with Gasteiger partial charge in [0.2, 0.25) is 10.0 Å². The van der Waals surface area contributed by atoms with E-state index in [1.165, 1.54) is 25.2 Å². The molecule has 0 aliphatic heterocycles. The maximum absolute atomic E-state index is 12.2. The van der Waals surface area contributed by atoms with Crippen molar-refractivity contribution >= 4 is 33.4 Å². The van der Waals surface area contributed by atoms with E-state index >= 15 is 0 Å². The number of sulfonamides is 1. The molecule has 0 bridgehead atoms. The Morgan fingerprint density at radius 2 is 1.58 bits per heavy atom. The summed E-state index contributed by atoms with van der Waals surface area (Å²) in [6.07, 6.45) is 0. The molecule has 0 aromatic heterocycles. The molecule has 138 valence electrons. The van der Waals surface area contributed by atoms with Crippen LogP contribution in [-0.2, 0) is 10.0 Å². The standard InChI is InChI=1S/C17H18ClN3O4S/c1-19-26(24,25)13-7-8-15(18)14(11-13)17(23)21-10-9-20-16(22)12-5-3-2-4-6-12/h2-8,11,19H,9-10H2,1H3,(H,20,22)(H,21,23). The summed E-state index contributed by atoms with van der Waals surface area (Å²) in [5, 5.41) is 5.39. The minimum absolute atomic E-state index is 0.0392. The van der Waals surface area contributed by atoms with Crippen molar-refractivity contribution in [2.24, 2.45) is 0 Å². The van der Waals surface area contributed by atoms with Crippen LogP contribution in [0.3, 0.4) is 0 Å². The van der Waals surface area contributed by atoms with Gasteiger partial charge in [0.05, 0.1) is 15.5 Å². The normalized spacial score (nSPS) is 11.0. The first kappa shape index (κ1) is 19.9. The van der Waals surface area contributed by atoms with E-state index in [0.717, 1.165) is 0 Å². The molecule has 2 aromatic carbocycles. The molecule has 3 N–H and O–H groups in total. The average Bonchev–Trinajstić information content (AvgIpc) is 2.65. The topological polar surface area (TPSA) is 104 Å². The van der Waals surface area contributed by atoms with E-state index in [-0.39, 0.29) is 34.5 Å². The Labute approximate surface area is 156 Å². The van der Waals surface area contributed by atoms with Gasteiger partial charge < -0.3 is 10.6 Å². The summed E-state index contributed by atoms with van der Waals surface area (Å²) >= 11 is 5.98. The lowest BCUT2D eigenvalue weighted by Crippen LogP contribution is -2.34. The van der Waals surface area contributed by atoms with Crippen molar-refractivity contribution in [3.05, 3.63) is 64.7 Å². The zero-order valence-corrected chi connectivity index (χ0v) is 15.5. The first-order chi connectivity index (χ1) is 12.3. The number of carbonyl (C=O) groups excluding carboxylic acids is 2. The molecule has 0 saturated carbocycles. The Morgan fingerprint density at radius 1 is 0.962 bits per heavy atom. The van der Waals surface area contributed by atoms with Gasteiger partial charge in [-0.2, -0.15) is 0 Å². The second kappa shape index (κ2) is 8.79. The van der Waals surface area contributed by atoms with Gasteiger partial charge in [0, 0.05) is 18.7 Å². The smallest absolute Gasteiger partial charge is 0.252 e. The van der Waals surface area contributed by atoms with Crippen molar-refractivity contribution in [3.8, 4) is 0 Å². The van der Waals surface area contributed by atoms with Crippen LogP contribution in [0.5, 0.6) is 0 Å². The number of hydrogen-bond acceptors (Lipinski definition) is 4. The zero-order valence-electron chi connectivity index (χ0n) is 14.0. The van der Waals surface area contributed by atoms with Gasteiger partial charge in [0.25, 0.3) is 11.8 Å². The van der Waals surface area contributed by atoms with Crippen LogP contribution in [0.2, 0.25) is 5.02 Å². The SMILES string of the molecule is CNS(=O)(=O)c1ccc(Cl)c(C(=O)NCCNC(=O)c2ccccc2)c1. The van der Waals surface area contributed by atoms with Crippen LogP contribution in [0.25, 0.3) is 0 Å². The molecule has 0 saturated heterocycles. The molecule has 0 atom stereocenters. The molecule has 0 aliphatic rings. The third kappa shape index (κ3) is 5.04. The summed E-state index contributed by atoms with van der Waals surface area (Å²) in [5.41, 5.74) is 0.559. The molecule has 2 rings (SSSR count). The second-order valence-corrected chi connectivity index (χ2v) is 7.52. The second-order valence-electron chi connectivity index (χ2n) is 5.23. The van der Waals surface area contributed by atoms with E-state index in [4.69, 9.17) is 11.6 Å². The number of halogens is 1. The van der Waals surface area contributed by atoms with Crippen LogP contribution in [0, 0.1) is 0 Å². The molecular formula is C17H18ClN3O4S. The fraction of sp³-hybridized carbons (Fsp3) is 0.176. The molecule has 7 nitrogen and oxygen atoms in total. The molecule has 0 spiro atoms. The van der Waals surface area contributed by atoms with Crippen LogP contribution >= 0.6 is 11.6 Å². The number of nitrogens with one attached hydrogen (secondary N) is 3. The Hall–Kier alpha value is -2.42.